The molecule has 7 nitrogen and oxygen atoms in total. The Bertz CT molecular complexity index is 1000. The van der Waals surface area contributed by atoms with E-state index in [2.05, 4.69) is 27.5 Å². The van der Waals surface area contributed by atoms with E-state index in [-0.39, 0.29) is 24.0 Å². The van der Waals surface area contributed by atoms with Gasteiger partial charge in [0.15, 0.2) is 17.5 Å². The summed E-state index contributed by atoms with van der Waals surface area (Å²) in [4.78, 5) is 8.81. The first-order valence-electron chi connectivity index (χ1n) is 9.60. The SMILES string of the molecule is CN=C(NCc1coc(-c2ccc(C)cc2)n1)Nc1ccc2c(c1)OCCCO2.I. The molecule has 0 fully saturated rings. The molecule has 0 aliphatic carbocycles. The molecule has 0 saturated carbocycles. The zero-order valence-corrected chi connectivity index (χ0v) is 19.3. The van der Waals surface area contributed by atoms with E-state index in [1.54, 1.807) is 13.3 Å². The summed E-state index contributed by atoms with van der Waals surface area (Å²) in [5.74, 6) is 2.73. The average molecular weight is 520 g/mol. The van der Waals surface area contributed by atoms with Crippen molar-refractivity contribution in [2.24, 2.45) is 4.99 Å². The second-order valence-corrected chi connectivity index (χ2v) is 6.77. The number of guanidine groups is 1. The summed E-state index contributed by atoms with van der Waals surface area (Å²) in [6, 6.07) is 13.8. The Hall–Kier alpha value is -2.75. The lowest BCUT2D eigenvalue weighted by atomic mass is 10.1. The first-order chi connectivity index (χ1) is 14.2. The van der Waals surface area contributed by atoms with Crippen LogP contribution in [0, 0.1) is 6.92 Å². The monoisotopic (exact) mass is 520 g/mol. The van der Waals surface area contributed by atoms with E-state index in [4.69, 9.17) is 13.9 Å². The van der Waals surface area contributed by atoms with Crippen LogP contribution in [-0.4, -0.2) is 31.2 Å². The fourth-order valence-corrected chi connectivity index (χ4v) is 2.95. The average Bonchev–Trinajstić information content (AvgIpc) is 3.09. The Labute approximate surface area is 192 Å². The highest BCUT2D eigenvalue weighted by molar-refractivity contribution is 14.0. The highest BCUT2D eigenvalue weighted by atomic mass is 127. The maximum Gasteiger partial charge on any atom is 0.226 e. The van der Waals surface area contributed by atoms with Crippen LogP contribution >= 0.6 is 24.0 Å². The molecular weight excluding hydrogens is 495 g/mol. The molecule has 2 N–H and O–H groups in total. The number of nitrogens with one attached hydrogen (secondary N) is 2. The number of anilines is 1. The van der Waals surface area contributed by atoms with Gasteiger partial charge in [-0.15, -0.1) is 24.0 Å². The van der Waals surface area contributed by atoms with Crippen molar-refractivity contribution in [3.63, 3.8) is 0 Å². The van der Waals surface area contributed by atoms with Crippen molar-refractivity contribution >= 4 is 35.6 Å². The van der Waals surface area contributed by atoms with Gasteiger partial charge in [-0.2, -0.15) is 0 Å². The maximum atomic E-state index is 5.74. The lowest BCUT2D eigenvalue weighted by molar-refractivity contribution is 0.297. The predicted octanol–water partition coefficient (Wildman–Crippen LogP) is 4.62. The molecule has 3 aromatic rings. The third kappa shape index (κ3) is 5.44. The van der Waals surface area contributed by atoms with E-state index in [1.165, 1.54) is 5.56 Å². The highest BCUT2D eigenvalue weighted by Crippen LogP contribution is 2.32. The van der Waals surface area contributed by atoms with Crippen molar-refractivity contribution in [2.75, 3.05) is 25.6 Å². The summed E-state index contributed by atoms with van der Waals surface area (Å²) in [5.41, 5.74) is 3.81. The van der Waals surface area contributed by atoms with Gasteiger partial charge < -0.3 is 24.5 Å². The molecular formula is C22H25IN4O3. The first kappa shape index (κ1) is 21.9. The summed E-state index contributed by atoms with van der Waals surface area (Å²) in [7, 11) is 1.72. The van der Waals surface area contributed by atoms with E-state index >= 15 is 0 Å². The Morgan fingerprint density at radius 1 is 1.07 bits per heavy atom. The third-order valence-electron chi connectivity index (χ3n) is 4.52. The fraction of sp³-hybridized carbons (Fsp3) is 0.273. The van der Waals surface area contributed by atoms with Gasteiger partial charge in [-0.05, 0) is 31.2 Å². The summed E-state index contributed by atoms with van der Waals surface area (Å²) >= 11 is 0. The lowest BCUT2D eigenvalue weighted by Gasteiger charge is -2.13. The minimum atomic E-state index is 0. The molecule has 0 bridgehead atoms. The summed E-state index contributed by atoms with van der Waals surface area (Å²) < 4.78 is 17.0. The Kier molecular flexibility index (Phi) is 7.56. The number of ether oxygens (including phenoxy) is 2. The van der Waals surface area contributed by atoms with Gasteiger partial charge in [-0.1, -0.05) is 17.7 Å². The quantitative estimate of drug-likeness (QED) is 0.297. The molecule has 1 aliphatic rings. The second-order valence-electron chi connectivity index (χ2n) is 6.77. The van der Waals surface area contributed by atoms with Crippen molar-refractivity contribution in [2.45, 2.75) is 19.9 Å². The largest absolute Gasteiger partial charge is 0.490 e. The molecule has 0 spiro atoms. The van der Waals surface area contributed by atoms with Gasteiger partial charge in [0.25, 0.3) is 0 Å². The normalized spacial score (nSPS) is 13.2. The smallest absolute Gasteiger partial charge is 0.226 e. The van der Waals surface area contributed by atoms with Crippen molar-refractivity contribution in [1.82, 2.24) is 10.3 Å². The Morgan fingerprint density at radius 2 is 1.83 bits per heavy atom. The molecule has 30 heavy (non-hydrogen) atoms. The third-order valence-corrected chi connectivity index (χ3v) is 4.52. The van der Waals surface area contributed by atoms with E-state index in [1.807, 2.05) is 42.5 Å². The van der Waals surface area contributed by atoms with Gasteiger partial charge in [0, 0.05) is 30.8 Å². The fourth-order valence-electron chi connectivity index (χ4n) is 2.95. The first-order valence-corrected chi connectivity index (χ1v) is 9.60. The standard InChI is InChI=1S/C22H24N4O3.HI/c1-15-4-6-16(7-5-15)21-25-18(14-29-21)13-24-22(23-2)26-17-8-9-19-20(12-17)28-11-3-10-27-19;/h4-9,12,14H,3,10-11,13H2,1-2H3,(H2,23,24,26);1H. The number of aryl methyl sites for hydroxylation is 1. The predicted molar refractivity (Wildman–Crippen MR) is 128 cm³/mol. The van der Waals surface area contributed by atoms with Gasteiger partial charge >= 0.3 is 0 Å². The maximum absolute atomic E-state index is 5.74. The molecule has 0 atom stereocenters. The molecule has 4 rings (SSSR count). The number of benzene rings is 2. The molecule has 158 valence electrons. The van der Waals surface area contributed by atoms with Crippen LogP contribution < -0.4 is 20.1 Å². The zero-order chi connectivity index (χ0) is 20.1. The minimum Gasteiger partial charge on any atom is -0.490 e. The van der Waals surface area contributed by atoms with Crippen LogP contribution in [0.15, 0.2) is 58.1 Å². The molecule has 2 heterocycles. The molecule has 0 saturated heterocycles. The van der Waals surface area contributed by atoms with Crippen LogP contribution in [0.25, 0.3) is 11.5 Å². The lowest BCUT2D eigenvalue weighted by Crippen LogP contribution is -2.30. The van der Waals surface area contributed by atoms with Crippen LogP contribution in [0.4, 0.5) is 5.69 Å². The van der Waals surface area contributed by atoms with Gasteiger partial charge in [0.2, 0.25) is 5.89 Å². The number of hydrogen-bond donors (Lipinski definition) is 2. The number of aliphatic imine (C=N–C) groups is 1. The Balaban J connectivity index is 0.00000256. The number of oxazole rings is 1. The number of aromatic nitrogens is 1. The number of halogens is 1. The van der Waals surface area contributed by atoms with Crippen molar-refractivity contribution in [1.29, 1.82) is 0 Å². The second kappa shape index (κ2) is 10.3. The van der Waals surface area contributed by atoms with E-state index in [0.717, 1.165) is 34.9 Å². The van der Waals surface area contributed by atoms with Crippen LogP contribution in [0.5, 0.6) is 11.5 Å². The molecule has 2 aromatic carbocycles. The zero-order valence-electron chi connectivity index (χ0n) is 17.0. The van der Waals surface area contributed by atoms with Crippen molar-refractivity contribution in [3.8, 4) is 23.0 Å². The highest BCUT2D eigenvalue weighted by Gasteiger charge is 2.12. The van der Waals surface area contributed by atoms with E-state index in [9.17, 15) is 0 Å². The number of fused-ring (bicyclic) bond motifs is 1. The number of nitrogens with zero attached hydrogens (tertiary/aromatic N) is 2. The summed E-state index contributed by atoms with van der Waals surface area (Å²) in [5, 5.41) is 6.50. The topological polar surface area (TPSA) is 80.9 Å². The van der Waals surface area contributed by atoms with Crippen LogP contribution in [0.3, 0.4) is 0 Å². The molecule has 0 unspecified atom stereocenters. The van der Waals surface area contributed by atoms with E-state index < -0.39 is 0 Å². The molecule has 1 aliphatic heterocycles. The van der Waals surface area contributed by atoms with Crippen LogP contribution in [0.1, 0.15) is 17.7 Å². The van der Waals surface area contributed by atoms with Crippen molar-refractivity contribution in [3.05, 3.63) is 60.0 Å². The van der Waals surface area contributed by atoms with Crippen LogP contribution in [-0.2, 0) is 6.54 Å². The van der Waals surface area contributed by atoms with Gasteiger partial charge in [0.1, 0.15) is 6.26 Å². The van der Waals surface area contributed by atoms with Gasteiger partial charge in [0.05, 0.1) is 25.5 Å². The van der Waals surface area contributed by atoms with E-state index in [0.29, 0.717) is 31.6 Å². The molecule has 8 heteroatoms. The number of rotatable bonds is 4. The number of hydrogen-bond acceptors (Lipinski definition) is 5. The minimum absolute atomic E-state index is 0. The van der Waals surface area contributed by atoms with Crippen LogP contribution in [0.2, 0.25) is 0 Å². The molecule has 0 amide bonds. The van der Waals surface area contributed by atoms with Gasteiger partial charge in [-0.3, -0.25) is 4.99 Å². The van der Waals surface area contributed by atoms with Gasteiger partial charge in [-0.25, -0.2) is 4.98 Å². The summed E-state index contributed by atoms with van der Waals surface area (Å²) in [6.45, 7) is 3.86. The Morgan fingerprint density at radius 3 is 2.60 bits per heavy atom. The summed E-state index contributed by atoms with van der Waals surface area (Å²) in [6.07, 6.45) is 2.53. The molecule has 1 aromatic heterocycles. The molecule has 0 radical (unpaired) electrons. The van der Waals surface area contributed by atoms with Crippen molar-refractivity contribution < 1.29 is 13.9 Å².